The van der Waals surface area contributed by atoms with E-state index in [1.165, 1.54) is 6.42 Å². The molecule has 2 rings (SSSR count). The fourth-order valence-electron chi connectivity index (χ4n) is 3.89. The number of methoxy groups -OCH3 is 1. The molecule has 1 saturated carbocycles. The van der Waals surface area contributed by atoms with Gasteiger partial charge in [0.1, 0.15) is 5.75 Å². The average molecular weight is 311 g/mol. The van der Waals surface area contributed by atoms with E-state index in [0.717, 1.165) is 30.6 Å². The molecule has 0 amide bonds. The van der Waals surface area contributed by atoms with Crippen molar-refractivity contribution in [2.75, 3.05) is 7.11 Å². The maximum Gasteiger partial charge on any atom is 0.122 e. The first-order valence-corrected chi connectivity index (χ1v) is 8.19. The minimum Gasteiger partial charge on any atom is -0.496 e. The topological polar surface area (TPSA) is 29.5 Å². The van der Waals surface area contributed by atoms with Gasteiger partial charge >= 0.3 is 0 Å². The summed E-state index contributed by atoms with van der Waals surface area (Å²) in [5.41, 5.74) is 0.429. The van der Waals surface area contributed by atoms with E-state index < -0.39 is 5.60 Å². The number of halogens is 1. The maximum absolute atomic E-state index is 11.3. The fraction of sp³-hybridized carbons (Fsp3) is 0.667. The van der Waals surface area contributed by atoms with Crippen LogP contribution in [0.4, 0.5) is 0 Å². The number of aliphatic hydroxyl groups is 1. The van der Waals surface area contributed by atoms with Crippen LogP contribution in [0.2, 0.25) is 5.02 Å². The Morgan fingerprint density at radius 3 is 2.67 bits per heavy atom. The van der Waals surface area contributed by atoms with Gasteiger partial charge in [-0.15, -0.1) is 0 Å². The van der Waals surface area contributed by atoms with Crippen molar-refractivity contribution in [1.29, 1.82) is 0 Å². The predicted molar refractivity (Wildman–Crippen MR) is 88.1 cm³/mol. The van der Waals surface area contributed by atoms with Crippen molar-refractivity contribution in [3.8, 4) is 5.75 Å². The van der Waals surface area contributed by atoms with E-state index in [4.69, 9.17) is 16.3 Å². The van der Waals surface area contributed by atoms with E-state index in [0.29, 0.717) is 17.4 Å². The Kier molecular flexibility index (Phi) is 4.89. The van der Waals surface area contributed by atoms with Crippen LogP contribution in [0.1, 0.15) is 52.0 Å². The van der Waals surface area contributed by atoms with Gasteiger partial charge in [0, 0.05) is 11.4 Å². The summed E-state index contributed by atoms with van der Waals surface area (Å²) in [5, 5.41) is 12.0. The van der Waals surface area contributed by atoms with E-state index in [2.05, 4.69) is 20.8 Å². The summed E-state index contributed by atoms with van der Waals surface area (Å²) in [4.78, 5) is 0. The molecule has 2 nitrogen and oxygen atoms in total. The summed E-state index contributed by atoms with van der Waals surface area (Å²) in [6.45, 7) is 6.68. The first kappa shape index (κ1) is 16.6. The molecular weight excluding hydrogens is 284 g/mol. The van der Waals surface area contributed by atoms with Crippen LogP contribution in [-0.2, 0) is 6.42 Å². The lowest BCUT2D eigenvalue weighted by atomic mass is 9.62. The summed E-state index contributed by atoms with van der Waals surface area (Å²) in [6.07, 6.45) is 4.84. The van der Waals surface area contributed by atoms with E-state index in [1.54, 1.807) is 7.11 Å². The molecule has 1 aliphatic rings. The van der Waals surface area contributed by atoms with E-state index >= 15 is 0 Å². The lowest BCUT2D eigenvalue weighted by Gasteiger charge is -2.47. The Balaban J connectivity index is 2.32. The van der Waals surface area contributed by atoms with Gasteiger partial charge < -0.3 is 9.84 Å². The van der Waals surface area contributed by atoms with Gasteiger partial charge in [-0.2, -0.15) is 0 Å². The lowest BCUT2D eigenvalue weighted by molar-refractivity contribution is -0.0891. The van der Waals surface area contributed by atoms with Crippen LogP contribution in [0.3, 0.4) is 0 Å². The number of hydrogen-bond donors (Lipinski definition) is 1. The van der Waals surface area contributed by atoms with Crippen molar-refractivity contribution in [2.45, 2.75) is 58.5 Å². The van der Waals surface area contributed by atoms with Crippen LogP contribution in [0.25, 0.3) is 0 Å². The molecule has 1 aromatic rings. The first-order chi connectivity index (χ1) is 9.76. The SMILES string of the molecule is COc1ccc(Cl)cc1CC1(O)CCCCC1C(C)(C)C. The summed E-state index contributed by atoms with van der Waals surface area (Å²) in [7, 11) is 1.67. The third kappa shape index (κ3) is 3.73. The van der Waals surface area contributed by atoms with Crippen molar-refractivity contribution in [1.82, 2.24) is 0 Å². The smallest absolute Gasteiger partial charge is 0.122 e. The summed E-state index contributed by atoms with van der Waals surface area (Å²) in [5.74, 6) is 1.11. The van der Waals surface area contributed by atoms with Crippen molar-refractivity contribution in [2.24, 2.45) is 11.3 Å². The molecule has 21 heavy (non-hydrogen) atoms. The molecule has 0 heterocycles. The van der Waals surface area contributed by atoms with Crippen LogP contribution in [0.15, 0.2) is 18.2 Å². The Hall–Kier alpha value is -0.730. The van der Waals surface area contributed by atoms with Gasteiger partial charge in [-0.1, -0.05) is 45.2 Å². The molecule has 2 atom stereocenters. The third-order valence-corrected chi connectivity index (χ3v) is 5.02. The van der Waals surface area contributed by atoms with Crippen molar-refractivity contribution >= 4 is 11.6 Å². The second-order valence-electron chi connectivity index (χ2n) is 7.40. The molecule has 1 fully saturated rings. The van der Waals surface area contributed by atoms with E-state index in [9.17, 15) is 5.11 Å². The van der Waals surface area contributed by atoms with Gasteiger partial charge in [-0.25, -0.2) is 0 Å². The van der Waals surface area contributed by atoms with Crippen molar-refractivity contribution < 1.29 is 9.84 Å². The van der Waals surface area contributed by atoms with Crippen LogP contribution in [0.5, 0.6) is 5.75 Å². The summed E-state index contributed by atoms with van der Waals surface area (Å²) >= 11 is 6.13. The van der Waals surface area contributed by atoms with Gasteiger partial charge in [0.25, 0.3) is 0 Å². The van der Waals surface area contributed by atoms with Crippen LogP contribution >= 0.6 is 11.6 Å². The molecule has 0 bridgehead atoms. The lowest BCUT2D eigenvalue weighted by Crippen LogP contribution is -2.48. The van der Waals surface area contributed by atoms with Gasteiger partial charge in [-0.05, 0) is 47.9 Å². The quantitative estimate of drug-likeness (QED) is 0.864. The zero-order valence-corrected chi connectivity index (χ0v) is 14.3. The largest absolute Gasteiger partial charge is 0.496 e. The fourth-order valence-corrected chi connectivity index (χ4v) is 4.08. The summed E-state index contributed by atoms with van der Waals surface area (Å²) in [6, 6.07) is 5.64. The maximum atomic E-state index is 11.3. The summed E-state index contributed by atoms with van der Waals surface area (Å²) < 4.78 is 5.44. The highest BCUT2D eigenvalue weighted by Gasteiger charge is 2.45. The second kappa shape index (κ2) is 6.18. The average Bonchev–Trinajstić information content (AvgIpc) is 2.37. The molecular formula is C18H27ClO2. The molecule has 0 aliphatic heterocycles. The normalized spacial score (nSPS) is 26.7. The zero-order valence-electron chi connectivity index (χ0n) is 13.6. The van der Waals surface area contributed by atoms with Crippen LogP contribution in [-0.4, -0.2) is 17.8 Å². The van der Waals surface area contributed by atoms with Crippen LogP contribution < -0.4 is 4.74 Å². The standard InChI is InChI=1S/C18H27ClO2/c1-17(2,3)16-7-5-6-10-18(16,20)12-13-11-14(19)8-9-15(13)21-4/h8-9,11,16,20H,5-7,10,12H2,1-4H3. The van der Waals surface area contributed by atoms with E-state index in [-0.39, 0.29) is 5.41 Å². The van der Waals surface area contributed by atoms with Crippen LogP contribution in [0, 0.1) is 11.3 Å². The van der Waals surface area contributed by atoms with Gasteiger partial charge in [0.05, 0.1) is 12.7 Å². The Morgan fingerprint density at radius 2 is 2.05 bits per heavy atom. The minimum absolute atomic E-state index is 0.0982. The first-order valence-electron chi connectivity index (χ1n) is 7.81. The Morgan fingerprint density at radius 1 is 1.33 bits per heavy atom. The molecule has 3 heteroatoms. The predicted octanol–water partition coefficient (Wildman–Crippen LogP) is 4.86. The number of hydrogen-bond acceptors (Lipinski definition) is 2. The highest BCUT2D eigenvalue weighted by molar-refractivity contribution is 6.30. The molecule has 0 saturated heterocycles. The zero-order chi connectivity index (χ0) is 15.7. The van der Waals surface area contributed by atoms with Crippen molar-refractivity contribution in [3.63, 3.8) is 0 Å². The third-order valence-electron chi connectivity index (χ3n) is 4.79. The molecule has 1 N–H and O–H groups in total. The monoisotopic (exact) mass is 310 g/mol. The highest BCUT2D eigenvalue weighted by atomic mass is 35.5. The molecule has 0 spiro atoms. The molecule has 0 aromatic heterocycles. The molecule has 1 aromatic carbocycles. The second-order valence-corrected chi connectivity index (χ2v) is 7.84. The highest BCUT2D eigenvalue weighted by Crippen LogP contribution is 2.46. The number of rotatable bonds is 3. The van der Waals surface area contributed by atoms with Gasteiger partial charge in [-0.3, -0.25) is 0 Å². The van der Waals surface area contributed by atoms with E-state index in [1.807, 2.05) is 18.2 Å². The number of benzene rings is 1. The Labute approximate surface area is 133 Å². The molecule has 1 aliphatic carbocycles. The van der Waals surface area contributed by atoms with Gasteiger partial charge in [0.15, 0.2) is 0 Å². The van der Waals surface area contributed by atoms with Gasteiger partial charge in [0.2, 0.25) is 0 Å². The van der Waals surface area contributed by atoms with Crippen molar-refractivity contribution in [3.05, 3.63) is 28.8 Å². The molecule has 118 valence electrons. The Bertz CT molecular complexity index is 492. The minimum atomic E-state index is -0.672. The molecule has 0 radical (unpaired) electrons. The molecule has 2 unspecified atom stereocenters. The number of ether oxygens (including phenoxy) is 1.